The second kappa shape index (κ2) is 6.61. The summed E-state index contributed by atoms with van der Waals surface area (Å²) < 4.78 is 11.6. The molecule has 0 radical (unpaired) electrons. The monoisotopic (exact) mass is 331 g/mol. The van der Waals surface area contributed by atoms with Crippen LogP contribution in [0.25, 0.3) is 22.3 Å². The topological polar surface area (TPSA) is 44.5 Å². The van der Waals surface area contributed by atoms with Gasteiger partial charge in [0, 0.05) is 24.1 Å². The van der Waals surface area contributed by atoms with Crippen LogP contribution in [0.15, 0.2) is 66.7 Å². The van der Waals surface area contributed by atoms with Crippen molar-refractivity contribution in [1.29, 1.82) is 0 Å². The van der Waals surface area contributed by atoms with Crippen LogP contribution in [0, 0.1) is 0 Å². The Bertz CT molecular complexity index is 904. The summed E-state index contributed by atoms with van der Waals surface area (Å²) in [5, 5.41) is 0. The normalized spacial score (nSPS) is 15.5. The Kier molecular flexibility index (Phi) is 4.16. The molecular formula is C22H21NO2. The van der Waals surface area contributed by atoms with Crippen LogP contribution in [-0.4, -0.2) is 19.8 Å². The Labute approximate surface area is 148 Å². The molecule has 0 bridgehead atoms. The zero-order valence-electron chi connectivity index (χ0n) is 14.2. The third-order valence-electron chi connectivity index (χ3n) is 4.68. The molecule has 1 atom stereocenters. The highest BCUT2D eigenvalue weighted by molar-refractivity contribution is 5.79. The number of hydrogen-bond acceptors (Lipinski definition) is 3. The molecule has 1 aliphatic rings. The summed E-state index contributed by atoms with van der Waals surface area (Å²) in [7, 11) is 1.70. The van der Waals surface area contributed by atoms with E-state index in [9.17, 15) is 0 Å². The first-order chi connectivity index (χ1) is 12.3. The summed E-state index contributed by atoms with van der Waals surface area (Å²) in [6.07, 6.45) is 0.958. The molecule has 3 aromatic rings. The average molecular weight is 331 g/mol. The average Bonchev–Trinajstić information content (AvgIpc) is 3.11. The van der Waals surface area contributed by atoms with Crippen molar-refractivity contribution in [3.63, 3.8) is 0 Å². The first kappa shape index (κ1) is 15.7. The summed E-state index contributed by atoms with van der Waals surface area (Å²) in [5.74, 6) is 1.84. The number of benzene rings is 3. The van der Waals surface area contributed by atoms with Gasteiger partial charge >= 0.3 is 0 Å². The lowest BCUT2D eigenvalue weighted by molar-refractivity contribution is 0.242. The van der Waals surface area contributed by atoms with Crippen molar-refractivity contribution < 1.29 is 9.47 Å². The van der Waals surface area contributed by atoms with Gasteiger partial charge in [-0.25, -0.2) is 0 Å². The highest BCUT2D eigenvalue weighted by Gasteiger charge is 2.24. The fourth-order valence-corrected chi connectivity index (χ4v) is 3.43. The molecule has 2 N–H and O–H groups in total. The molecule has 0 aliphatic carbocycles. The molecule has 4 rings (SSSR count). The third kappa shape index (κ3) is 2.87. The largest absolute Gasteiger partial charge is 0.496 e. The highest BCUT2D eigenvalue weighted by atomic mass is 16.5. The number of fused-ring (bicyclic) bond motifs is 1. The van der Waals surface area contributed by atoms with Crippen molar-refractivity contribution in [2.45, 2.75) is 12.5 Å². The van der Waals surface area contributed by atoms with Gasteiger partial charge in [-0.2, -0.15) is 0 Å². The van der Waals surface area contributed by atoms with Gasteiger partial charge in [-0.3, -0.25) is 0 Å². The molecule has 0 fully saturated rings. The van der Waals surface area contributed by atoms with Crippen LogP contribution in [0.3, 0.4) is 0 Å². The van der Waals surface area contributed by atoms with Crippen molar-refractivity contribution in [3.05, 3.63) is 72.3 Å². The third-order valence-corrected chi connectivity index (χ3v) is 4.68. The lowest BCUT2D eigenvalue weighted by atomic mass is 9.96. The van der Waals surface area contributed by atoms with E-state index in [-0.39, 0.29) is 6.10 Å². The van der Waals surface area contributed by atoms with Crippen LogP contribution in [0.2, 0.25) is 0 Å². The van der Waals surface area contributed by atoms with Gasteiger partial charge in [-0.05, 0) is 28.8 Å². The fraction of sp³-hybridized carbons (Fsp3) is 0.182. The molecular weight excluding hydrogens is 310 g/mol. The Morgan fingerprint density at radius 1 is 0.960 bits per heavy atom. The number of hydrogen-bond donors (Lipinski definition) is 1. The predicted octanol–water partition coefficient (Wildman–Crippen LogP) is 4.29. The van der Waals surface area contributed by atoms with Gasteiger partial charge in [0.1, 0.15) is 17.6 Å². The van der Waals surface area contributed by atoms with Crippen molar-refractivity contribution >= 4 is 0 Å². The van der Waals surface area contributed by atoms with Gasteiger partial charge in [0.25, 0.3) is 0 Å². The van der Waals surface area contributed by atoms with E-state index in [0.29, 0.717) is 6.54 Å². The number of para-hydroxylation sites is 2. The van der Waals surface area contributed by atoms with Crippen LogP contribution >= 0.6 is 0 Å². The first-order valence-electron chi connectivity index (χ1n) is 8.52. The quantitative estimate of drug-likeness (QED) is 0.775. The van der Waals surface area contributed by atoms with Gasteiger partial charge in [0.15, 0.2) is 0 Å². The van der Waals surface area contributed by atoms with Crippen LogP contribution in [0.4, 0.5) is 0 Å². The van der Waals surface area contributed by atoms with E-state index in [4.69, 9.17) is 15.2 Å². The molecule has 25 heavy (non-hydrogen) atoms. The van der Waals surface area contributed by atoms with Crippen LogP contribution in [0.5, 0.6) is 11.5 Å². The van der Waals surface area contributed by atoms with Gasteiger partial charge in [0.05, 0.1) is 7.11 Å². The molecule has 126 valence electrons. The molecule has 3 aromatic carbocycles. The Balaban J connectivity index is 1.78. The molecule has 0 saturated carbocycles. The Hall–Kier alpha value is -2.78. The minimum Gasteiger partial charge on any atom is -0.496 e. The molecule has 3 heteroatoms. The molecule has 3 nitrogen and oxygen atoms in total. The fourth-order valence-electron chi connectivity index (χ4n) is 3.43. The second-order valence-corrected chi connectivity index (χ2v) is 6.25. The summed E-state index contributed by atoms with van der Waals surface area (Å²) in [6.45, 7) is 0.537. The molecule has 0 saturated heterocycles. The van der Waals surface area contributed by atoms with Gasteiger partial charge < -0.3 is 15.2 Å². The molecule has 1 heterocycles. The van der Waals surface area contributed by atoms with Crippen molar-refractivity contribution in [2.24, 2.45) is 5.73 Å². The maximum absolute atomic E-state index is 6.08. The molecule has 1 aliphatic heterocycles. The summed E-state index contributed by atoms with van der Waals surface area (Å²) >= 11 is 0. The first-order valence-corrected chi connectivity index (χ1v) is 8.52. The molecule has 0 unspecified atom stereocenters. The lowest BCUT2D eigenvalue weighted by Gasteiger charge is -2.13. The lowest BCUT2D eigenvalue weighted by Crippen LogP contribution is -2.24. The number of nitrogens with two attached hydrogens (primary N) is 1. The summed E-state index contributed by atoms with van der Waals surface area (Å²) in [6, 6.07) is 22.9. The van der Waals surface area contributed by atoms with Crippen molar-refractivity contribution in [2.75, 3.05) is 13.7 Å². The maximum Gasteiger partial charge on any atom is 0.130 e. The van der Waals surface area contributed by atoms with Crippen molar-refractivity contribution in [3.8, 4) is 33.8 Å². The Morgan fingerprint density at radius 3 is 2.48 bits per heavy atom. The Morgan fingerprint density at radius 2 is 1.68 bits per heavy atom. The predicted molar refractivity (Wildman–Crippen MR) is 101 cm³/mol. The number of methoxy groups -OCH3 is 1. The van der Waals surface area contributed by atoms with Crippen LogP contribution in [0.1, 0.15) is 5.56 Å². The minimum atomic E-state index is 0.0774. The standard InChI is InChI=1S/C22H21NO2/c1-24-21-11-3-2-9-19(21)15-6-4-7-16(12-15)20-10-5-8-17-13-18(14-23)25-22(17)20/h2-12,18H,13-14,23H2,1H3/t18-/m1/s1. The SMILES string of the molecule is COc1ccccc1-c1cccc(-c2cccc3c2O[C@@H](CN)C3)c1. The highest BCUT2D eigenvalue weighted by Crippen LogP contribution is 2.40. The molecule has 0 amide bonds. The minimum absolute atomic E-state index is 0.0774. The van der Waals surface area contributed by atoms with E-state index in [1.165, 1.54) is 5.56 Å². The van der Waals surface area contributed by atoms with Crippen LogP contribution in [-0.2, 0) is 6.42 Å². The summed E-state index contributed by atoms with van der Waals surface area (Å²) in [5.41, 5.74) is 11.5. The van der Waals surface area contributed by atoms with E-state index in [2.05, 4.69) is 48.5 Å². The zero-order valence-corrected chi connectivity index (χ0v) is 14.2. The molecule has 0 spiro atoms. The van der Waals surface area contributed by atoms with E-state index in [0.717, 1.165) is 40.2 Å². The smallest absolute Gasteiger partial charge is 0.130 e. The van der Waals surface area contributed by atoms with E-state index >= 15 is 0 Å². The van der Waals surface area contributed by atoms with Crippen molar-refractivity contribution in [1.82, 2.24) is 0 Å². The summed E-state index contributed by atoms with van der Waals surface area (Å²) in [4.78, 5) is 0. The second-order valence-electron chi connectivity index (χ2n) is 6.25. The van der Waals surface area contributed by atoms with E-state index < -0.39 is 0 Å². The maximum atomic E-state index is 6.08. The number of rotatable bonds is 4. The van der Waals surface area contributed by atoms with E-state index in [1.807, 2.05) is 18.2 Å². The van der Waals surface area contributed by atoms with Gasteiger partial charge in [0.2, 0.25) is 0 Å². The molecule has 0 aromatic heterocycles. The number of ether oxygens (including phenoxy) is 2. The van der Waals surface area contributed by atoms with Gasteiger partial charge in [-0.1, -0.05) is 54.6 Å². The van der Waals surface area contributed by atoms with E-state index in [1.54, 1.807) is 7.11 Å². The zero-order chi connectivity index (χ0) is 17.2. The van der Waals surface area contributed by atoms with Gasteiger partial charge in [-0.15, -0.1) is 0 Å². The van der Waals surface area contributed by atoms with Crippen LogP contribution < -0.4 is 15.2 Å².